The maximum absolute atomic E-state index is 10.7. The van der Waals surface area contributed by atoms with E-state index in [-0.39, 0.29) is 5.16 Å². The molecule has 1 aromatic rings. The molecule has 0 aliphatic heterocycles. The lowest BCUT2D eigenvalue weighted by Gasteiger charge is -1.98. The third-order valence-corrected chi connectivity index (χ3v) is 1.61. The summed E-state index contributed by atoms with van der Waals surface area (Å²) in [6, 6.07) is 0. The summed E-state index contributed by atoms with van der Waals surface area (Å²) in [6.07, 6.45) is 3.07. The topological polar surface area (TPSA) is 61.7 Å². The normalized spacial score (nSPS) is 13.1. The molecule has 0 aliphatic carbocycles. The molecule has 54 valence electrons. The van der Waals surface area contributed by atoms with Crippen LogP contribution in [0, 0.1) is 6.92 Å². The van der Waals surface area contributed by atoms with Gasteiger partial charge >= 0.3 is 5.16 Å². The van der Waals surface area contributed by atoms with Crippen molar-refractivity contribution in [2.24, 2.45) is 0 Å². The molecule has 0 aromatic carbocycles. The first-order valence-electron chi connectivity index (χ1n) is 2.70. The molecule has 0 amide bonds. The van der Waals surface area contributed by atoms with Gasteiger partial charge in [-0.15, -0.1) is 5.10 Å². The highest BCUT2D eigenvalue weighted by Gasteiger charge is 2.06. The zero-order valence-electron chi connectivity index (χ0n) is 5.74. The Morgan fingerprint density at radius 2 is 2.20 bits per heavy atom. The van der Waals surface area contributed by atoms with E-state index in [4.69, 9.17) is 0 Å². The highest BCUT2D eigenvalue weighted by atomic mass is 32.2. The molecule has 0 saturated carbocycles. The Morgan fingerprint density at radius 3 is 2.60 bits per heavy atom. The fourth-order valence-electron chi connectivity index (χ4n) is 0.454. The lowest BCUT2D eigenvalue weighted by molar-refractivity contribution is 0.587. The average Bonchev–Trinajstić information content (AvgIpc) is 1.88. The lowest BCUT2D eigenvalue weighted by Crippen LogP contribution is -2.05. The number of hydrogen-bond donors (Lipinski definition) is 0. The van der Waals surface area contributed by atoms with Gasteiger partial charge in [-0.25, -0.2) is 0 Å². The maximum atomic E-state index is 10.7. The Hall–Kier alpha value is -0.680. The summed E-state index contributed by atoms with van der Waals surface area (Å²) in [5.74, 6) is 0. The maximum Gasteiger partial charge on any atom is 0.361 e. The van der Waals surface area contributed by atoms with Gasteiger partial charge in [0.15, 0.2) is 0 Å². The Labute approximate surface area is 61.9 Å². The molecule has 0 N–H and O–H groups in total. The number of hydrogen-bond acceptors (Lipinski definition) is 4. The van der Waals surface area contributed by atoms with E-state index in [0.717, 1.165) is 5.69 Å². The largest absolute Gasteiger partial charge is 0.609 e. The molecule has 0 bridgehead atoms. The van der Waals surface area contributed by atoms with Crippen LogP contribution >= 0.6 is 0 Å². The second-order valence-corrected chi connectivity index (χ2v) is 3.11. The predicted octanol–water partition coefficient (Wildman–Crippen LogP) is -0.0826. The summed E-state index contributed by atoms with van der Waals surface area (Å²) >= 11 is -1.12. The number of aryl methyl sites for hydroxylation is 1. The zero-order valence-corrected chi connectivity index (χ0v) is 6.55. The van der Waals surface area contributed by atoms with E-state index < -0.39 is 11.2 Å². The fraction of sp³-hybridized carbons (Fsp3) is 0.400. The summed E-state index contributed by atoms with van der Waals surface area (Å²) in [4.78, 5) is 3.80. The van der Waals surface area contributed by atoms with Crippen molar-refractivity contribution in [1.29, 1.82) is 0 Å². The molecular formula is C5H7N3OS. The minimum Gasteiger partial charge on any atom is -0.609 e. The first kappa shape index (κ1) is 7.43. The van der Waals surface area contributed by atoms with Crippen molar-refractivity contribution in [3.8, 4) is 0 Å². The molecule has 10 heavy (non-hydrogen) atoms. The van der Waals surface area contributed by atoms with Crippen LogP contribution in [0.4, 0.5) is 0 Å². The van der Waals surface area contributed by atoms with Crippen molar-refractivity contribution in [2.45, 2.75) is 12.1 Å². The van der Waals surface area contributed by atoms with Crippen LogP contribution in [0.2, 0.25) is 0 Å². The first-order chi connectivity index (χ1) is 4.70. The van der Waals surface area contributed by atoms with Gasteiger partial charge in [0.05, 0.1) is 11.9 Å². The van der Waals surface area contributed by atoms with Crippen LogP contribution in [-0.2, 0) is 11.2 Å². The third-order valence-electron chi connectivity index (χ3n) is 0.912. The second kappa shape index (κ2) is 2.94. The van der Waals surface area contributed by atoms with E-state index in [1.54, 1.807) is 13.1 Å². The lowest BCUT2D eigenvalue weighted by atomic mass is 10.6. The van der Waals surface area contributed by atoms with Crippen molar-refractivity contribution in [3.05, 3.63) is 11.9 Å². The molecule has 1 aromatic heterocycles. The highest BCUT2D eigenvalue weighted by Crippen LogP contribution is 1.97. The Morgan fingerprint density at radius 1 is 1.50 bits per heavy atom. The molecule has 0 aliphatic rings. The Kier molecular flexibility index (Phi) is 2.18. The monoisotopic (exact) mass is 157 g/mol. The summed E-state index contributed by atoms with van der Waals surface area (Å²) < 4.78 is 10.7. The smallest absolute Gasteiger partial charge is 0.361 e. The molecule has 1 heterocycles. The molecule has 0 saturated heterocycles. The van der Waals surface area contributed by atoms with E-state index in [9.17, 15) is 4.55 Å². The molecule has 1 atom stereocenters. The van der Waals surface area contributed by atoms with Crippen molar-refractivity contribution < 1.29 is 4.55 Å². The van der Waals surface area contributed by atoms with Crippen LogP contribution in [0.25, 0.3) is 0 Å². The molecule has 0 radical (unpaired) electrons. The summed E-state index contributed by atoms with van der Waals surface area (Å²) in [5, 5.41) is 7.59. The number of rotatable bonds is 1. The van der Waals surface area contributed by atoms with Crippen molar-refractivity contribution in [1.82, 2.24) is 15.2 Å². The minimum absolute atomic E-state index is 0.283. The Bertz CT molecular complexity index is 211. The minimum atomic E-state index is -1.12. The summed E-state index contributed by atoms with van der Waals surface area (Å²) in [5.41, 5.74) is 0.731. The van der Waals surface area contributed by atoms with Gasteiger partial charge in [-0.1, -0.05) is 5.10 Å². The molecule has 4 nitrogen and oxygen atoms in total. The SMILES string of the molecule is Cc1cnc([S+](C)[O-])nn1. The van der Waals surface area contributed by atoms with Crippen LogP contribution < -0.4 is 0 Å². The standard InChI is InChI=1S/C5H7N3OS/c1-4-3-6-5(8-7-4)10(2)9/h3H,1-2H3. The van der Waals surface area contributed by atoms with E-state index in [1.165, 1.54) is 6.26 Å². The van der Waals surface area contributed by atoms with Crippen LogP contribution in [-0.4, -0.2) is 26.0 Å². The van der Waals surface area contributed by atoms with E-state index in [2.05, 4.69) is 15.2 Å². The summed E-state index contributed by atoms with van der Waals surface area (Å²) in [7, 11) is 0. The van der Waals surface area contributed by atoms with Crippen molar-refractivity contribution >= 4 is 11.2 Å². The quantitative estimate of drug-likeness (QED) is 0.535. The van der Waals surface area contributed by atoms with Crippen molar-refractivity contribution in [3.63, 3.8) is 0 Å². The van der Waals surface area contributed by atoms with Gasteiger partial charge in [-0.3, -0.25) is 0 Å². The van der Waals surface area contributed by atoms with Crippen LogP contribution in [0.3, 0.4) is 0 Å². The van der Waals surface area contributed by atoms with Gasteiger partial charge in [0.25, 0.3) is 0 Å². The van der Waals surface area contributed by atoms with Gasteiger partial charge in [0, 0.05) is 11.2 Å². The molecule has 1 unspecified atom stereocenters. The van der Waals surface area contributed by atoms with Gasteiger partial charge in [-0.05, 0) is 6.92 Å². The Balaban J connectivity index is 2.89. The van der Waals surface area contributed by atoms with Gasteiger partial charge in [-0.2, -0.15) is 4.98 Å². The number of aromatic nitrogens is 3. The second-order valence-electron chi connectivity index (χ2n) is 1.84. The molecular weight excluding hydrogens is 150 g/mol. The third kappa shape index (κ3) is 1.65. The summed E-state index contributed by atoms with van der Waals surface area (Å²) in [6.45, 7) is 1.78. The molecule has 1 rings (SSSR count). The predicted molar refractivity (Wildman–Crippen MR) is 36.9 cm³/mol. The van der Waals surface area contributed by atoms with E-state index in [0.29, 0.717) is 0 Å². The molecule has 0 fully saturated rings. The van der Waals surface area contributed by atoms with Crippen LogP contribution in [0.15, 0.2) is 11.4 Å². The van der Waals surface area contributed by atoms with Gasteiger partial charge < -0.3 is 4.55 Å². The van der Waals surface area contributed by atoms with Gasteiger partial charge in [0.2, 0.25) is 0 Å². The molecule has 5 heteroatoms. The molecule has 0 spiro atoms. The highest BCUT2D eigenvalue weighted by molar-refractivity contribution is 7.90. The number of nitrogens with zero attached hydrogens (tertiary/aromatic N) is 3. The first-order valence-corrected chi connectivity index (χ1v) is 4.25. The van der Waals surface area contributed by atoms with Gasteiger partial charge in [0.1, 0.15) is 6.26 Å². The van der Waals surface area contributed by atoms with Crippen LogP contribution in [0.1, 0.15) is 5.69 Å². The van der Waals surface area contributed by atoms with E-state index in [1.807, 2.05) is 0 Å². The van der Waals surface area contributed by atoms with Crippen LogP contribution in [0.5, 0.6) is 0 Å². The average molecular weight is 157 g/mol. The fourth-order valence-corrected chi connectivity index (χ4v) is 0.811. The zero-order chi connectivity index (χ0) is 7.56. The van der Waals surface area contributed by atoms with E-state index >= 15 is 0 Å². The van der Waals surface area contributed by atoms with Crippen molar-refractivity contribution in [2.75, 3.05) is 6.26 Å².